The summed E-state index contributed by atoms with van der Waals surface area (Å²) in [4.78, 5) is 2.43. The number of anilines is 2. The molecule has 0 N–H and O–H groups in total. The van der Waals surface area contributed by atoms with Gasteiger partial charge < -0.3 is 18.3 Å². The van der Waals surface area contributed by atoms with Crippen molar-refractivity contribution in [1.29, 1.82) is 0 Å². The van der Waals surface area contributed by atoms with Crippen LogP contribution in [0.2, 0.25) is 0 Å². The molecular weight excluding hydrogens is 637 g/mol. The molecule has 0 fully saturated rings. The molecular formula is C48H32N2O2. The first-order chi connectivity index (χ1) is 25.8. The second-order valence-corrected chi connectivity index (χ2v) is 13.7. The van der Waals surface area contributed by atoms with Crippen molar-refractivity contribution >= 4 is 78.2 Å². The van der Waals surface area contributed by atoms with Gasteiger partial charge in [-0.3, -0.25) is 0 Å². The van der Waals surface area contributed by atoms with Gasteiger partial charge in [0.2, 0.25) is 0 Å². The van der Waals surface area contributed by atoms with Crippen LogP contribution in [0.3, 0.4) is 0 Å². The van der Waals surface area contributed by atoms with Gasteiger partial charge >= 0.3 is 0 Å². The van der Waals surface area contributed by atoms with Crippen LogP contribution >= 0.6 is 0 Å². The number of aromatic nitrogens is 1. The van der Waals surface area contributed by atoms with Crippen molar-refractivity contribution in [3.05, 3.63) is 174 Å². The van der Waals surface area contributed by atoms with Crippen LogP contribution in [0.25, 0.3) is 83.7 Å². The maximum atomic E-state index is 6.39. The molecule has 52 heavy (non-hydrogen) atoms. The summed E-state index contributed by atoms with van der Waals surface area (Å²) in [6, 6.07) is 58.4. The summed E-state index contributed by atoms with van der Waals surface area (Å²) in [7, 11) is 0. The third-order valence-electron chi connectivity index (χ3n) is 10.7. The minimum atomic E-state index is 0.0556. The second kappa shape index (κ2) is 11.4. The number of benzene rings is 7. The minimum Gasteiger partial charge on any atom is -0.456 e. The molecule has 246 valence electrons. The van der Waals surface area contributed by atoms with Gasteiger partial charge in [0.1, 0.15) is 22.2 Å². The predicted octanol–water partition coefficient (Wildman–Crippen LogP) is 11.3. The first kappa shape index (κ1) is 29.0. The molecule has 0 saturated heterocycles. The van der Waals surface area contributed by atoms with Crippen LogP contribution in [-0.2, 0) is 0 Å². The molecule has 0 aliphatic heterocycles. The molecule has 0 spiro atoms. The lowest BCUT2D eigenvalue weighted by molar-refractivity contribution is 0.568. The van der Waals surface area contributed by atoms with Gasteiger partial charge in [0, 0.05) is 49.2 Å². The van der Waals surface area contributed by atoms with Gasteiger partial charge in [-0.25, -0.2) is 0 Å². The Bertz CT molecular complexity index is 3050. The smallest absolute Gasteiger partial charge is 0.135 e. The number of hydrogen-bond donors (Lipinski definition) is 0. The molecule has 4 nitrogen and oxygen atoms in total. The number of nitrogens with zero attached hydrogens (tertiary/aromatic N) is 2. The molecule has 10 aromatic rings. The summed E-state index contributed by atoms with van der Waals surface area (Å²) in [6.07, 6.45) is 5.47. The van der Waals surface area contributed by atoms with Gasteiger partial charge in [0.05, 0.1) is 17.1 Å². The van der Waals surface area contributed by atoms with Crippen LogP contribution in [-0.4, -0.2) is 10.6 Å². The fraction of sp³-hybridized carbons (Fsp3) is 0.0417. The van der Waals surface area contributed by atoms with Crippen LogP contribution < -0.4 is 15.5 Å². The second-order valence-electron chi connectivity index (χ2n) is 13.7. The van der Waals surface area contributed by atoms with E-state index in [2.05, 4.69) is 161 Å². The molecule has 1 atom stereocenters. The average Bonchev–Trinajstić information content (AvgIpc) is 3.88. The maximum Gasteiger partial charge on any atom is 0.135 e. The fourth-order valence-corrected chi connectivity index (χ4v) is 8.29. The van der Waals surface area contributed by atoms with Gasteiger partial charge in [0.25, 0.3) is 0 Å². The van der Waals surface area contributed by atoms with Crippen molar-refractivity contribution in [2.45, 2.75) is 12.5 Å². The van der Waals surface area contributed by atoms with Crippen LogP contribution in [0.5, 0.6) is 0 Å². The van der Waals surface area contributed by atoms with E-state index in [4.69, 9.17) is 8.83 Å². The molecule has 4 heteroatoms. The van der Waals surface area contributed by atoms with Crippen LogP contribution in [0.4, 0.5) is 11.4 Å². The van der Waals surface area contributed by atoms with Gasteiger partial charge in [-0.15, -0.1) is 0 Å². The fourth-order valence-electron chi connectivity index (χ4n) is 8.29. The van der Waals surface area contributed by atoms with Crippen molar-refractivity contribution in [1.82, 2.24) is 4.57 Å². The normalized spacial score (nSPS) is 14.2. The molecule has 0 amide bonds. The SMILES string of the molecule is C1=c2oc3ccccc3c2=CCC1N(c1ccc(-c2ccc(-n3c4ccccc4c4ccccc43)cc2)cc1)c1ccc2oc3ccccc3c2c1. The lowest BCUT2D eigenvalue weighted by Crippen LogP contribution is -2.36. The van der Waals surface area contributed by atoms with Gasteiger partial charge in [0.15, 0.2) is 0 Å². The van der Waals surface area contributed by atoms with E-state index < -0.39 is 0 Å². The number of para-hydroxylation sites is 4. The summed E-state index contributed by atoms with van der Waals surface area (Å²) in [5.41, 5.74) is 11.8. The zero-order valence-electron chi connectivity index (χ0n) is 28.2. The summed E-state index contributed by atoms with van der Waals surface area (Å²) >= 11 is 0. The molecule has 0 bridgehead atoms. The Morgan fingerprint density at radius 1 is 0.481 bits per heavy atom. The first-order valence-corrected chi connectivity index (χ1v) is 17.9. The van der Waals surface area contributed by atoms with E-state index in [1.54, 1.807) is 0 Å². The van der Waals surface area contributed by atoms with E-state index >= 15 is 0 Å². The van der Waals surface area contributed by atoms with Crippen LogP contribution in [0.1, 0.15) is 6.42 Å². The van der Waals surface area contributed by atoms with E-state index in [9.17, 15) is 0 Å². The minimum absolute atomic E-state index is 0.0556. The zero-order valence-corrected chi connectivity index (χ0v) is 28.2. The third kappa shape index (κ3) is 4.47. The summed E-state index contributed by atoms with van der Waals surface area (Å²) in [5, 5.41) is 7.12. The molecule has 3 heterocycles. The highest BCUT2D eigenvalue weighted by Gasteiger charge is 2.23. The van der Waals surface area contributed by atoms with Crippen molar-refractivity contribution in [2.75, 3.05) is 4.90 Å². The van der Waals surface area contributed by atoms with Crippen molar-refractivity contribution in [2.24, 2.45) is 0 Å². The number of hydrogen-bond acceptors (Lipinski definition) is 3. The van der Waals surface area contributed by atoms with Crippen molar-refractivity contribution < 1.29 is 8.83 Å². The monoisotopic (exact) mass is 668 g/mol. The molecule has 3 aromatic heterocycles. The lowest BCUT2D eigenvalue weighted by Gasteiger charge is -2.32. The molecule has 7 aromatic carbocycles. The Kier molecular flexibility index (Phi) is 6.34. The van der Waals surface area contributed by atoms with E-state index in [0.717, 1.165) is 56.4 Å². The molecule has 1 aliphatic carbocycles. The molecule has 0 saturated carbocycles. The van der Waals surface area contributed by atoms with E-state index in [1.807, 2.05) is 24.3 Å². The van der Waals surface area contributed by atoms with Gasteiger partial charge in [-0.05, 0) is 90.4 Å². The van der Waals surface area contributed by atoms with Crippen molar-refractivity contribution in [3.63, 3.8) is 0 Å². The molecule has 1 aliphatic rings. The third-order valence-corrected chi connectivity index (χ3v) is 10.7. The maximum absolute atomic E-state index is 6.39. The first-order valence-electron chi connectivity index (χ1n) is 17.9. The topological polar surface area (TPSA) is 34.5 Å². The predicted molar refractivity (Wildman–Crippen MR) is 215 cm³/mol. The standard InChI is InChI=1S/C48H32N2O2/c1-5-13-43-37(9-1)38-10-2-6-14-44(38)50(43)34-23-19-32(20-24-34)31-17-21-33(22-18-31)49(35-26-28-47-42(29-35)40-12-4-8-16-46(40)51-47)36-25-27-41-39-11-3-7-15-45(39)52-48(41)30-36/h1-24,26-30,36H,25H2. The Balaban J connectivity index is 0.992. The molecule has 11 rings (SSSR count). The van der Waals surface area contributed by atoms with E-state index in [0.29, 0.717) is 0 Å². The number of fused-ring (bicyclic) bond motifs is 9. The van der Waals surface area contributed by atoms with E-state index in [-0.39, 0.29) is 6.04 Å². The Hall–Kier alpha value is -6.78. The lowest BCUT2D eigenvalue weighted by atomic mass is 10.0. The van der Waals surface area contributed by atoms with Gasteiger partial charge in [-0.2, -0.15) is 0 Å². The largest absolute Gasteiger partial charge is 0.456 e. The van der Waals surface area contributed by atoms with Crippen molar-refractivity contribution in [3.8, 4) is 16.8 Å². The molecule has 1 unspecified atom stereocenters. The molecule has 0 radical (unpaired) electrons. The van der Waals surface area contributed by atoms with Gasteiger partial charge in [-0.1, -0.05) is 103 Å². The highest BCUT2D eigenvalue weighted by Crippen LogP contribution is 2.38. The Morgan fingerprint density at radius 2 is 1.04 bits per heavy atom. The average molecular weight is 669 g/mol. The Morgan fingerprint density at radius 3 is 1.75 bits per heavy atom. The van der Waals surface area contributed by atoms with Crippen LogP contribution in [0.15, 0.2) is 173 Å². The van der Waals surface area contributed by atoms with E-state index in [1.165, 1.54) is 43.5 Å². The summed E-state index contributed by atoms with van der Waals surface area (Å²) in [6.45, 7) is 0. The highest BCUT2D eigenvalue weighted by atomic mass is 16.3. The Labute approximate surface area is 299 Å². The zero-order chi connectivity index (χ0) is 34.2. The summed E-state index contributed by atoms with van der Waals surface area (Å²) in [5.74, 6) is 0. The number of furan rings is 2. The summed E-state index contributed by atoms with van der Waals surface area (Å²) < 4.78 is 15.0. The highest BCUT2D eigenvalue weighted by molar-refractivity contribution is 6.09. The quantitative estimate of drug-likeness (QED) is 0.183. The van der Waals surface area contributed by atoms with Crippen LogP contribution in [0, 0.1) is 0 Å². The number of rotatable bonds is 5.